The Balaban J connectivity index is 1.81. The summed E-state index contributed by atoms with van der Waals surface area (Å²) in [6, 6.07) is 8.09. The Bertz CT molecular complexity index is 1530. The van der Waals surface area contributed by atoms with Crippen LogP contribution in [0.1, 0.15) is 49.5 Å². The number of phenols is 1. The zero-order chi connectivity index (χ0) is 26.6. The summed E-state index contributed by atoms with van der Waals surface area (Å²) in [6.45, 7) is 5.75. The van der Waals surface area contributed by atoms with Crippen LogP contribution in [-0.4, -0.2) is 45.6 Å². The highest BCUT2D eigenvalue weighted by atomic mass is 32.2. The fourth-order valence-corrected chi connectivity index (χ4v) is 6.34. The van der Waals surface area contributed by atoms with Crippen LogP contribution in [0.2, 0.25) is 0 Å². The first-order chi connectivity index (χ1) is 16.6. The molecule has 2 aromatic carbocycles. The van der Waals surface area contributed by atoms with Crippen LogP contribution in [0.15, 0.2) is 45.7 Å². The Morgan fingerprint density at radius 1 is 1.17 bits per heavy atom. The third kappa shape index (κ3) is 4.62. The second-order valence-electron chi connectivity index (χ2n) is 9.82. The number of aromatic hydroxyl groups is 1. The maximum Gasteiger partial charge on any atom is 0.286 e. The van der Waals surface area contributed by atoms with Gasteiger partial charge in [-0.05, 0) is 61.6 Å². The first-order valence-corrected chi connectivity index (χ1v) is 14.6. The van der Waals surface area contributed by atoms with Crippen molar-refractivity contribution in [3.63, 3.8) is 0 Å². The minimum atomic E-state index is -4.38. The van der Waals surface area contributed by atoms with Crippen LogP contribution in [-0.2, 0) is 30.3 Å². The quantitative estimate of drug-likeness (QED) is 0.478. The molecule has 36 heavy (non-hydrogen) atoms. The first kappa shape index (κ1) is 25.8. The molecule has 10 nitrogen and oxygen atoms in total. The van der Waals surface area contributed by atoms with Gasteiger partial charge in [0, 0.05) is 11.3 Å². The third-order valence-corrected chi connectivity index (χ3v) is 8.41. The summed E-state index contributed by atoms with van der Waals surface area (Å²) in [5, 5.41) is 12.9. The minimum Gasteiger partial charge on any atom is -0.508 e. The highest BCUT2D eigenvalue weighted by Gasteiger charge is 2.51. The number of hydrogen-bond donors (Lipinski definition) is 3. The number of fused-ring (bicyclic) bond motifs is 2. The molecule has 0 amide bonds. The fourth-order valence-electron chi connectivity index (χ4n) is 4.61. The van der Waals surface area contributed by atoms with Crippen molar-refractivity contribution >= 4 is 48.8 Å². The van der Waals surface area contributed by atoms with Gasteiger partial charge < -0.3 is 10.4 Å². The number of carbonyl (C=O) groups excluding carboxylic acids is 2. The van der Waals surface area contributed by atoms with E-state index in [0.717, 1.165) is 12.3 Å². The summed E-state index contributed by atoms with van der Waals surface area (Å²) in [5.74, 6) is -2.86. The largest absolute Gasteiger partial charge is 0.508 e. The molecule has 2 aromatic rings. The lowest BCUT2D eigenvalue weighted by molar-refractivity contribution is -0.125. The number of anilines is 2. The van der Waals surface area contributed by atoms with Crippen molar-refractivity contribution in [3.05, 3.63) is 47.5 Å². The van der Waals surface area contributed by atoms with Gasteiger partial charge in [0.05, 0.1) is 17.4 Å². The summed E-state index contributed by atoms with van der Waals surface area (Å²) < 4.78 is 55.2. The van der Waals surface area contributed by atoms with Crippen LogP contribution in [0.4, 0.5) is 11.4 Å². The maximum absolute atomic E-state index is 13.9. The molecule has 4 rings (SSSR count). The van der Waals surface area contributed by atoms with Gasteiger partial charge in [-0.1, -0.05) is 19.9 Å². The Morgan fingerprint density at radius 2 is 1.86 bits per heavy atom. The highest BCUT2D eigenvalue weighted by Crippen LogP contribution is 2.43. The molecule has 1 heterocycles. The first-order valence-electron chi connectivity index (χ1n) is 11.3. The molecule has 192 valence electrons. The van der Waals surface area contributed by atoms with Gasteiger partial charge in [-0.2, -0.15) is 8.42 Å². The number of carbonyl (C=O) groups is 2. The van der Waals surface area contributed by atoms with Gasteiger partial charge in [0.25, 0.3) is 10.0 Å². The fraction of sp³-hybridized carbons (Fsp3) is 0.375. The number of sulfonamides is 2. The summed E-state index contributed by atoms with van der Waals surface area (Å²) >= 11 is 0. The summed E-state index contributed by atoms with van der Waals surface area (Å²) in [6.07, 6.45) is 2.03. The van der Waals surface area contributed by atoms with Crippen LogP contribution >= 0.6 is 0 Å². The SMILES string of the molecule is CC(C)CCC1(C)C(=O)C(C2=NS(=O)(=O)c3cc(NS(C)(=O)=O)ccc3N2)C(=O)c2cc(O)ccc21. The van der Waals surface area contributed by atoms with E-state index in [1.807, 2.05) is 13.8 Å². The Morgan fingerprint density at radius 3 is 2.50 bits per heavy atom. The number of phenolic OH excluding ortho intramolecular Hbond substituents is 1. The number of ketones is 2. The number of amidine groups is 1. The maximum atomic E-state index is 13.9. The summed E-state index contributed by atoms with van der Waals surface area (Å²) in [5.41, 5.74) is -0.390. The topological polar surface area (TPSA) is 159 Å². The standard InChI is InChI=1S/C24H27N3O7S2/c1-13(2)9-10-24(3)17-7-6-15(28)12-16(17)21(29)20(22(24)30)23-25-18-8-5-14(26-35(4,31)32)11-19(18)36(33,34)27-23/h5-8,11-13,20,26,28H,9-10H2,1-4H3,(H,25,27). The molecule has 0 radical (unpaired) electrons. The van der Waals surface area contributed by atoms with Crippen molar-refractivity contribution < 1.29 is 31.5 Å². The molecule has 0 bridgehead atoms. The second kappa shape index (κ2) is 8.70. The van der Waals surface area contributed by atoms with E-state index in [-0.39, 0.29) is 39.3 Å². The Hall–Kier alpha value is -3.25. The molecule has 2 unspecified atom stereocenters. The van der Waals surface area contributed by atoms with E-state index < -0.39 is 42.9 Å². The Kier molecular flexibility index (Phi) is 6.24. The lowest BCUT2D eigenvalue weighted by atomic mass is 9.63. The molecular formula is C24H27N3O7S2. The normalized spacial score (nSPS) is 22.9. The van der Waals surface area contributed by atoms with Gasteiger partial charge in [-0.25, -0.2) is 8.42 Å². The zero-order valence-corrected chi connectivity index (χ0v) is 21.8. The van der Waals surface area contributed by atoms with Crippen LogP contribution in [0.25, 0.3) is 0 Å². The Labute approximate surface area is 209 Å². The van der Waals surface area contributed by atoms with Crippen LogP contribution in [0.5, 0.6) is 5.75 Å². The minimum absolute atomic E-state index is 0.0238. The van der Waals surface area contributed by atoms with Crippen molar-refractivity contribution in [2.45, 2.75) is 43.9 Å². The number of nitrogens with one attached hydrogen (secondary N) is 2. The third-order valence-electron chi connectivity index (χ3n) is 6.47. The number of Topliss-reactive ketones (excluding diaryl/α,β-unsaturated/α-hetero) is 2. The van der Waals surface area contributed by atoms with E-state index in [1.54, 1.807) is 13.0 Å². The number of nitrogens with zero attached hydrogens (tertiary/aromatic N) is 1. The van der Waals surface area contributed by atoms with Crippen molar-refractivity contribution in [2.75, 3.05) is 16.3 Å². The van der Waals surface area contributed by atoms with Crippen molar-refractivity contribution in [1.82, 2.24) is 0 Å². The molecule has 0 fully saturated rings. The zero-order valence-electron chi connectivity index (χ0n) is 20.2. The molecule has 3 N–H and O–H groups in total. The molecule has 12 heteroatoms. The molecule has 0 saturated carbocycles. The molecule has 2 atom stereocenters. The number of hydrogen-bond acceptors (Lipinski definition) is 8. The van der Waals surface area contributed by atoms with Crippen molar-refractivity contribution in [3.8, 4) is 5.75 Å². The molecular weight excluding hydrogens is 506 g/mol. The van der Waals surface area contributed by atoms with Gasteiger partial charge in [-0.3, -0.25) is 14.3 Å². The predicted molar refractivity (Wildman–Crippen MR) is 136 cm³/mol. The van der Waals surface area contributed by atoms with E-state index >= 15 is 0 Å². The van der Waals surface area contributed by atoms with E-state index in [4.69, 9.17) is 0 Å². The lowest BCUT2D eigenvalue weighted by Crippen LogP contribution is -2.51. The smallest absolute Gasteiger partial charge is 0.286 e. The van der Waals surface area contributed by atoms with Crippen molar-refractivity contribution in [2.24, 2.45) is 16.2 Å². The molecule has 1 aliphatic heterocycles. The lowest BCUT2D eigenvalue weighted by Gasteiger charge is -2.39. The van der Waals surface area contributed by atoms with Crippen LogP contribution in [0, 0.1) is 11.8 Å². The van der Waals surface area contributed by atoms with E-state index in [1.165, 1.54) is 24.3 Å². The van der Waals surface area contributed by atoms with E-state index in [2.05, 4.69) is 14.4 Å². The average Bonchev–Trinajstić information content (AvgIpc) is 2.75. The number of rotatable bonds is 6. The summed E-state index contributed by atoms with van der Waals surface area (Å²) in [4.78, 5) is 27.1. The van der Waals surface area contributed by atoms with E-state index in [9.17, 15) is 31.5 Å². The van der Waals surface area contributed by atoms with Gasteiger partial charge >= 0.3 is 0 Å². The predicted octanol–water partition coefficient (Wildman–Crippen LogP) is 3.05. The van der Waals surface area contributed by atoms with Crippen LogP contribution < -0.4 is 10.0 Å². The van der Waals surface area contributed by atoms with Gasteiger partial charge in [0.1, 0.15) is 22.4 Å². The van der Waals surface area contributed by atoms with Crippen LogP contribution in [0.3, 0.4) is 0 Å². The van der Waals surface area contributed by atoms with Gasteiger partial charge in [0.2, 0.25) is 10.0 Å². The van der Waals surface area contributed by atoms with Gasteiger partial charge in [0.15, 0.2) is 11.6 Å². The molecule has 2 aliphatic rings. The molecule has 0 aromatic heterocycles. The highest BCUT2D eigenvalue weighted by molar-refractivity contribution is 7.92. The number of benzene rings is 2. The summed E-state index contributed by atoms with van der Waals surface area (Å²) in [7, 11) is -8.03. The monoisotopic (exact) mass is 533 g/mol. The van der Waals surface area contributed by atoms with E-state index in [0.29, 0.717) is 18.4 Å². The molecule has 1 aliphatic carbocycles. The second-order valence-corrected chi connectivity index (χ2v) is 13.1. The average molecular weight is 534 g/mol. The molecule has 0 saturated heterocycles. The van der Waals surface area contributed by atoms with Crippen molar-refractivity contribution in [1.29, 1.82) is 0 Å². The van der Waals surface area contributed by atoms with Gasteiger partial charge in [-0.15, -0.1) is 4.40 Å². The molecule has 0 spiro atoms.